The van der Waals surface area contributed by atoms with Gasteiger partial charge in [-0.1, -0.05) is 23.2 Å². The number of rotatable bonds is 1. The molecule has 0 spiro atoms. The van der Waals surface area contributed by atoms with Crippen LogP contribution in [0.5, 0.6) is 11.5 Å². The summed E-state index contributed by atoms with van der Waals surface area (Å²) in [6.45, 7) is 0. The number of benzene rings is 1. The Balaban J connectivity index is 3.50. The largest absolute Gasteiger partial charge is 0.503 e. The molecule has 0 unspecified atom stereocenters. The normalized spacial score (nSPS) is 10.0. The molecule has 70 valence electrons. The summed E-state index contributed by atoms with van der Waals surface area (Å²) in [6.07, 6.45) is 0. The lowest BCUT2D eigenvalue weighted by Gasteiger charge is -2.05. The van der Waals surface area contributed by atoms with Crippen LogP contribution in [0.1, 0.15) is 10.4 Å². The van der Waals surface area contributed by atoms with Crippen LogP contribution in [0.25, 0.3) is 0 Å². The molecule has 0 fully saturated rings. The second-order valence-corrected chi connectivity index (χ2v) is 3.01. The van der Waals surface area contributed by atoms with Gasteiger partial charge in [-0.05, 0) is 6.07 Å². The zero-order valence-corrected chi connectivity index (χ0v) is 7.60. The van der Waals surface area contributed by atoms with Gasteiger partial charge in [-0.15, -0.1) is 0 Å². The minimum atomic E-state index is -1.33. The second-order valence-electron chi connectivity index (χ2n) is 2.22. The van der Waals surface area contributed by atoms with Gasteiger partial charge in [0.1, 0.15) is 5.02 Å². The Labute approximate surface area is 82.9 Å². The molecular weight excluding hydrogens is 219 g/mol. The monoisotopic (exact) mass is 222 g/mol. The smallest absolute Gasteiger partial charge is 0.337 e. The summed E-state index contributed by atoms with van der Waals surface area (Å²) >= 11 is 10.8. The van der Waals surface area contributed by atoms with Crippen molar-refractivity contribution < 1.29 is 20.1 Å². The van der Waals surface area contributed by atoms with Crippen LogP contribution in [-0.2, 0) is 0 Å². The third-order valence-electron chi connectivity index (χ3n) is 1.40. The van der Waals surface area contributed by atoms with E-state index in [0.29, 0.717) is 0 Å². The zero-order valence-electron chi connectivity index (χ0n) is 6.08. The number of phenols is 2. The number of carboxylic acid groups (broad SMARTS) is 1. The Hall–Kier alpha value is -1.13. The number of phenolic OH excluding ortho intramolecular Hbond substituents is 2. The Morgan fingerprint density at radius 1 is 1.23 bits per heavy atom. The first-order valence-electron chi connectivity index (χ1n) is 3.08. The lowest BCUT2D eigenvalue weighted by Crippen LogP contribution is -1.97. The van der Waals surface area contributed by atoms with Crippen molar-refractivity contribution in [2.24, 2.45) is 0 Å². The second kappa shape index (κ2) is 3.32. The molecule has 1 aromatic carbocycles. The van der Waals surface area contributed by atoms with E-state index in [1.807, 2.05) is 0 Å². The van der Waals surface area contributed by atoms with Crippen LogP contribution >= 0.6 is 23.2 Å². The first-order chi connectivity index (χ1) is 5.95. The van der Waals surface area contributed by atoms with Gasteiger partial charge in [0.25, 0.3) is 0 Å². The number of hydrogen-bond acceptors (Lipinski definition) is 3. The van der Waals surface area contributed by atoms with E-state index in [-0.39, 0.29) is 10.6 Å². The summed E-state index contributed by atoms with van der Waals surface area (Å²) in [5, 5.41) is 26.0. The minimum Gasteiger partial charge on any atom is -0.503 e. The molecule has 6 heteroatoms. The molecule has 0 aliphatic heterocycles. The maximum atomic E-state index is 10.5. The molecule has 4 nitrogen and oxygen atoms in total. The van der Waals surface area contributed by atoms with Gasteiger partial charge in [0.05, 0.1) is 10.6 Å². The van der Waals surface area contributed by atoms with Crippen molar-refractivity contribution in [3.63, 3.8) is 0 Å². The number of hydrogen-bond donors (Lipinski definition) is 3. The standard InChI is InChI=1S/C7H4Cl2O4/c8-3-1-2(7(12)13)4(9)6(11)5(3)10/h1,10-11H,(H,12,13). The van der Waals surface area contributed by atoms with Gasteiger partial charge in [0.2, 0.25) is 0 Å². The molecular formula is C7H4Cl2O4. The molecule has 3 N–H and O–H groups in total. The van der Waals surface area contributed by atoms with E-state index in [1.54, 1.807) is 0 Å². The highest BCUT2D eigenvalue weighted by molar-refractivity contribution is 6.37. The van der Waals surface area contributed by atoms with Gasteiger partial charge in [0.15, 0.2) is 11.5 Å². The highest BCUT2D eigenvalue weighted by atomic mass is 35.5. The van der Waals surface area contributed by atoms with Crippen molar-refractivity contribution in [3.8, 4) is 11.5 Å². The Morgan fingerprint density at radius 3 is 2.23 bits per heavy atom. The minimum absolute atomic E-state index is 0.265. The van der Waals surface area contributed by atoms with Crippen molar-refractivity contribution in [1.82, 2.24) is 0 Å². The predicted molar refractivity (Wildman–Crippen MR) is 46.8 cm³/mol. The number of aromatic hydroxyl groups is 2. The molecule has 0 aliphatic carbocycles. The average molecular weight is 223 g/mol. The van der Waals surface area contributed by atoms with E-state index in [1.165, 1.54) is 0 Å². The molecule has 0 saturated heterocycles. The van der Waals surface area contributed by atoms with Crippen molar-refractivity contribution in [2.45, 2.75) is 0 Å². The van der Waals surface area contributed by atoms with E-state index >= 15 is 0 Å². The maximum absolute atomic E-state index is 10.5. The molecule has 0 radical (unpaired) electrons. The van der Waals surface area contributed by atoms with Crippen molar-refractivity contribution in [3.05, 3.63) is 21.7 Å². The Kier molecular flexibility index (Phi) is 2.54. The van der Waals surface area contributed by atoms with Crippen LogP contribution in [0.2, 0.25) is 10.0 Å². The van der Waals surface area contributed by atoms with Gasteiger partial charge < -0.3 is 15.3 Å². The van der Waals surface area contributed by atoms with Crippen molar-refractivity contribution in [1.29, 1.82) is 0 Å². The molecule has 0 saturated carbocycles. The highest BCUT2D eigenvalue weighted by Crippen LogP contribution is 2.41. The van der Waals surface area contributed by atoms with Gasteiger partial charge in [0, 0.05) is 0 Å². The molecule has 0 heterocycles. The van der Waals surface area contributed by atoms with E-state index in [9.17, 15) is 4.79 Å². The van der Waals surface area contributed by atoms with E-state index in [2.05, 4.69) is 0 Å². The van der Waals surface area contributed by atoms with Crippen LogP contribution in [0.4, 0.5) is 0 Å². The van der Waals surface area contributed by atoms with Gasteiger partial charge in [-0.25, -0.2) is 4.79 Å². The summed E-state index contributed by atoms with van der Waals surface area (Å²) in [5.74, 6) is -2.69. The maximum Gasteiger partial charge on any atom is 0.337 e. The van der Waals surface area contributed by atoms with Crippen LogP contribution in [0, 0.1) is 0 Å². The fourth-order valence-electron chi connectivity index (χ4n) is 0.759. The first kappa shape index (κ1) is 9.95. The van der Waals surface area contributed by atoms with Crippen molar-refractivity contribution >= 4 is 29.2 Å². The SMILES string of the molecule is O=C(O)c1cc(Cl)c(O)c(O)c1Cl. The third kappa shape index (κ3) is 1.64. The summed E-state index contributed by atoms with van der Waals surface area (Å²) < 4.78 is 0. The van der Waals surface area contributed by atoms with E-state index in [4.69, 9.17) is 38.5 Å². The number of carbonyl (C=O) groups is 1. The van der Waals surface area contributed by atoms with Crippen LogP contribution < -0.4 is 0 Å². The molecule has 0 aromatic heterocycles. The van der Waals surface area contributed by atoms with Crippen LogP contribution in [0.3, 0.4) is 0 Å². The molecule has 0 aliphatic rings. The summed E-state index contributed by atoms with van der Waals surface area (Å²) in [5.41, 5.74) is -0.359. The number of halogens is 2. The first-order valence-corrected chi connectivity index (χ1v) is 3.84. The topological polar surface area (TPSA) is 77.8 Å². The molecule has 1 aromatic rings. The molecule has 0 atom stereocenters. The lowest BCUT2D eigenvalue weighted by molar-refractivity contribution is 0.0696. The lowest BCUT2D eigenvalue weighted by atomic mass is 10.2. The zero-order chi connectivity index (χ0) is 10.2. The summed E-state index contributed by atoms with van der Waals surface area (Å²) in [7, 11) is 0. The number of carboxylic acids is 1. The summed E-state index contributed by atoms with van der Waals surface area (Å²) in [6, 6.07) is 0.960. The summed E-state index contributed by atoms with van der Waals surface area (Å²) in [4.78, 5) is 10.5. The van der Waals surface area contributed by atoms with E-state index < -0.39 is 22.5 Å². The quantitative estimate of drug-likeness (QED) is 0.637. The molecule has 1 rings (SSSR count). The van der Waals surface area contributed by atoms with Crippen molar-refractivity contribution in [2.75, 3.05) is 0 Å². The third-order valence-corrected chi connectivity index (χ3v) is 2.07. The molecule has 0 amide bonds. The van der Waals surface area contributed by atoms with Gasteiger partial charge in [-0.2, -0.15) is 0 Å². The van der Waals surface area contributed by atoms with E-state index in [0.717, 1.165) is 6.07 Å². The van der Waals surface area contributed by atoms with Gasteiger partial charge in [-0.3, -0.25) is 0 Å². The average Bonchev–Trinajstić information content (AvgIpc) is 2.07. The molecule has 0 bridgehead atoms. The fourth-order valence-corrected chi connectivity index (χ4v) is 1.18. The predicted octanol–water partition coefficient (Wildman–Crippen LogP) is 2.10. The van der Waals surface area contributed by atoms with Crippen LogP contribution in [0.15, 0.2) is 6.07 Å². The Morgan fingerprint density at radius 2 is 1.77 bits per heavy atom. The van der Waals surface area contributed by atoms with Gasteiger partial charge >= 0.3 is 5.97 Å². The molecule has 13 heavy (non-hydrogen) atoms. The highest BCUT2D eigenvalue weighted by Gasteiger charge is 2.18. The number of aromatic carboxylic acids is 1. The van der Waals surface area contributed by atoms with Crippen LogP contribution in [-0.4, -0.2) is 21.3 Å². The Bertz CT molecular complexity index is 375. The fraction of sp³-hybridized carbons (Fsp3) is 0.